The highest BCUT2D eigenvalue weighted by Gasteiger charge is 2.21. The molecule has 0 unspecified atom stereocenters. The fourth-order valence-electron chi connectivity index (χ4n) is 3.19. The first-order valence-corrected chi connectivity index (χ1v) is 8.99. The molecule has 0 aromatic heterocycles. The summed E-state index contributed by atoms with van der Waals surface area (Å²) < 4.78 is 10.7. The van der Waals surface area contributed by atoms with Gasteiger partial charge in [0.15, 0.2) is 11.5 Å². The summed E-state index contributed by atoms with van der Waals surface area (Å²) in [5, 5.41) is 13.8. The van der Waals surface area contributed by atoms with Gasteiger partial charge in [-0.2, -0.15) is 0 Å². The zero-order valence-electron chi connectivity index (χ0n) is 15.5. The fourth-order valence-corrected chi connectivity index (χ4v) is 3.36. The number of benzene rings is 2. The monoisotopic (exact) mass is 405 g/mol. The van der Waals surface area contributed by atoms with Crippen LogP contribution in [0.2, 0.25) is 5.02 Å². The molecule has 0 fully saturated rings. The molecule has 1 amide bonds. The minimum atomic E-state index is -0.533. The van der Waals surface area contributed by atoms with Crippen molar-refractivity contribution in [3.8, 4) is 11.5 Å². The number of nitro groups is 1. The van der Waals surface area contributed by atoms with E-state index in [2.05, 4.69) is 5.32 Å². The summed E-state index contributed by atoms with van der Waals surface area (Å²) >= 11 is 6.04. The van der Waals surface area contributed by atoms with Crippen molar-refractivity contribution in [1.82, 2.24) is 4.90 Å². The maximum absolute atomic E-state index is 12.4. The van der Waals surface area contributed by atoms with E-state index in [1.165, 1.54) is 18.2 Å². The molecule has 8 nitrogen and oxygen atoms in total. The molecule has 0 spiro atoms. The molecule has 0 atom stereocenters. The van der Waals surface area contributed by atoms with Gasteiger partial charge in [0.1, 0.15) is 0 Å². The van der Waals surface area contributed by atoms with Gasteiger partial charge in [0.05, 0.1) is 36.4 Å². The molecule has 9 heteroatoms. The van der Waals surface area contributed by atoms with E-state index in [0.29, 0.717) is 24.6 Å². The first-order valence-electron chi connectivity index (χ1n) is 8.61. The van der Waals surface area contributed by atoms with E-state index < -0.39 is 4.92 Å². The number of hydrogen-bond acceptors (Lipinski definition) is 6. The minimum absolute atomic E-state index is 0.132. The van der Waals surface area contributed by atoms with Crippen LogP contribution in [0.5, 0.6) is 11.5 Å². The van der Waals surface area contributed by atoms with Gasteiger partial charge in [-0.25, -0.2) is 0 Å². The van der Waals surface area contributed by atoms with Crippen LogP contribution in [0.1, 0.15) is 11.1 Å². The fraction of sp³-hybridized carbons (Fsp3) is 0.316. The Hall–Kier alpha value is -2.84. The summed E-state index contributed by atoms with van der Waals surface area (Å²) in [6, 6.07) is 7.83. The Kier molecular flexibility index (Phi) is 6.01. The molecule has 28 heavy (non-hydrogen) atoms. The lowest BCUT2D eigenvalue weighted by Gasteiger charge is -2.29. The van der Waals surface area contributed by atoms with Crippen LogP contribution in [-0.2, 0) is 17.8 Å². The molecule has 1 heterocycles. The van der Waals surface area contributed by atoms with Crippen LogP contribution >= 0.6 is 11.6 Å². The lowest BCUT2D eigenvalue weighted by molar-refractivity contribution is -0.384. The number of amides is 1. The van der Waals surface area contributed by atoms with Crippen molar-refractivity contribution in [2.24, 2.45) is 0 Å². The number of fused-ring (bicyclic) bond motifs is 1. The van der Waals surface area contributed by atoms with Gasteiger partial charge < -0.3 is 14.8 Å². The maximum atomic E-state index is 12.4. The molecule has 3 rings (SSSR count). The molecular weight excluding hydrogens is 386 g/mol. The zero-order valence-corrected chi connectivity index (χ0v) is 16.3. The van der Waals surface area contributed by atoms with E-state index in [9.17, 15) is 14.9 Å². The highest BCUT2D eigenvalue weighted by atomic mass is 35.5. The number of ether oxygens (including phenoxy) is 2. The lowest BCUT2D eigenvalue weighted by Crippen LogP contribution is -2.37. The molecule has 0 radical (unpaired) electrons. The smallest absolute Gasteiger partial charge is 0.271 e. The van der Waals surface area contributed by atoms with Crippen LogP contribution in [0, 0.1) is 10.1 Å². The second-order valence-corrected chi connectivity index (χ2v) is 6.81. The van der Waals surface area contributed by atoms with E-state index >= 15 is 0 Å². The van der Waals surface area contributed by atoms with Gasteiger partial charge in [-0.05, 0) is 35.7 Å². The van der Waals surface area contributed by atoms with Crippen molar-refractivity contribution in [3.63, 3.8) is 0 Å². The molecular formula is C19H20ClN3O5. The Morgan fingerprint density at radius 2 is 1.89 bits per heavy atom. The Balaban J connectivity index is 1.68. The van der Waals surface area contributed by atoms with Crippen molar-refractivity contribution in [2.45, 2.75) is 13.0 Å². The molecule has 1 N–H and O–H groups in total. The Labute approximate surface area is 167 Å². The summed E-state index contributed by atoms with van der Waals surface area (Å²) in [4.78, 5) is 24.8. The van der Waals surface area contributed by atoms with Gasteiger partial charge >= 0.3 is 0 Å². The van der Waals surface area contributed by atoms with Gasteiger partial charge in [0.25, 0.3) is 5.69 Å². The molecule has 0 bridgehead atoms. The molecule has 0 saturated carbocycles. The summed E-state index contributed by atoms with van der Waals surface area (Å²) in [5.74, 6) is 1.05. The van der Waals surface area contributed by atoms with Crippen LogP contribution in [0.4, 0.5) is 11.4 Å². The largest absolute Gasteiger partial charge is 0.493 e. The zero-order chi connectivity index (χ0) is 20.3. The first-order chi connectivity index (χ1) is 13.4. The number of carbonyl (C=O) groups excluding carboxylic acids is 1. The van der Waals surface area contributed by atoms with Gasteiger partial charge in [-0.3, -0.25) is 19.8 Å². The number of methoxy groups -OCH3 is 2. The number of rotatable bonds is 6. The molecule has 0 saturated heterocycles. The number of nitro benzene ring substituents is 1. The van der Waals surface area contributed by atoms with Gasteiger partial charge in [-0.15, -0.1) is 0 Å². The van der Waals surface area contributed by atoms with Gasteiger partial charge in [-0.1, -0.05) is 11.6 Å². The Morgan fingerprint density at radius 1 is 1.21 bits per heavy atom. The van der Waals surface area contributed by atoms with Crippen molar-refractivity contribution >= 4 is 28.9 Å². The molecule has 2 aromatic rings. The predicted molar refractivity (Wildman–Crippen MR) is 105 cm³/mol. The van der Waals surface area contributed by atoms with E-state index in [1.807, 2.05) is 17.0 Å². The third-order valence-corrected chi connectivity index (χ3v) is 4.93. The summed E-state index contributed by atoms with van der Waals surface area (Å²) in [7, 11) is 3.18. The van der Waals surface area contributed by atoms with Crippen LogP contribution < -0.4 is 14.8 Å². The van der Waals surface area contributed by atoms with Crippen molar-refractivity contribution < 1.29 is 19.2 Å². The molecule has 148 valence electrons. The minimum Gasteiger partial charge on any atom is -0.493 e. The summed E-state index contributed by atoms with van der Waals surface area (Å²) in [6.45, 7) is 1.44. The Bertz CT molecular complexity index is 919. The lowest BCUT2D eigenvalue weighted by atomic mass is 9.99. The highest BCUT2D eigenvalue weighted by molar-refractivity contribution is 6.33. The van der Waals surface area contributed by atoms with Crippen molar-refractivity contribution in [1.29, 1.82) is 0 Å². The van der Waals surface area contributed by atoms with Crippen LogP contribution in [0.3, 0.4) is 0 Å². The van der Waals surface area contributed by atoms with Crippen LogP contribution in [0.15, 0.2) is 30.3 Å². The number of hydrogen-bond donors (Lipinski definition) is 1. The molecule has 1 aliphatic rings. The molecule has 2 aromatic carbocycles. The van der Waals surface area contributed by atoms with Gasteiger partial charge in [0, 0.05) is 25.2 Å². The second kappa shape index (κ2) is 8.45. The van der Waals surface area contributed by atoms with E-state index in [-0.39, 0.29) is 28.8 Å². The number of non-ortho nitro benzene ring substituents is 1. The average molecular weight is 406 g/mol. The number of anilines is 1. The number of nitrogens with zero attached hydrogens (tertiary/aromatic N) is 2. The highest BCUT2D eigenvalue weighted by Crippen LogP contribution is 2.33. The number of carbonyl (C=O) groups is 1. The van der Waals surface area contributed by atoms with E-state index in [4.69, 9.17) is 21.1 Å². The summed E-state index contributed by atoms with van der Waals surface area (Å²) in [5.41, 5.74) is 2.33. The average Bonchev–Trinajstić information content (AvgIpc) is 2.68. The topological polar surface area (TPSA) is 93.9 Å². The molecule has 1 aliphatic heterocycles. The van der Waals surface area contributed by atoms with Gasteiger partial charge in [0.2, 0.25) is 5.91 Å². The third kappa shape index (κ3) is 4.35. The molecule has 0 aliphatic carbocycles. The summed E-state index contributed by atoms with van der Waals surface area (Å²) in [6.07, 6.45) is 0.778. The quantitative estimate of drug-likeness (QED) is 0.585. The SMILES string of the molecule is COc1cc2c(cc1OC)CN(CC(=O)Nc1cc([N+](=O)[O-])ccc1Cl)CC2. The number of nitrogens with one attached hydrogen (secondary N) is 1. The normalized spacial score (nSPS) is 13.5. The first kappa shape index (κ1) is 19.9. The van der Waals surface area contributed by atoms with Crippen LogP contribution in [0.25, 0.3) is 0 Å². The van der Waals surface area contributed by atoms with Crippen LogP contribution in [-0.4, -0.2) is 43.0 Å². The van der Waals surface area contributed by atoms with E-state index in [1.54, 1.807) is 14.2 Å². The standard InChI is InChI=1S/C19H20ClN3O5/c1-27-17-7-12-5-6-22(10-13(12)8-18(17)28-2)11-19(24)21-16-9-14(23(25)26)3-4-15(16)20/h3-4,7-9H,5-6,10-11H2,1-2H3,(H,21,24). The van der Waals surface area contributed by atoms with Crippen molar-refractivity contribution in [2.75, 3.05) is 32.6 Å². The maximum Gasteiger partial charge on any atom is 0.271 e. The third-order valence-electron chi connectivity index (χ3n) is 4.60. The van der Waals surface area contributed by atoms with Crippen molar-refractivity contribution in [3.05, 3.63) is 56.6 Å². The van der Waals surface area contributed by atoms with E-state index in [0.717, 1.165) is 17.5 Å². The number of halogens is 1. The predicted octanol–water partition coefficient (Wildman–Crippen LogP) is 3.26. The Morgan fingerprint density at radius 3 is 2.54 bits per heavy atom. The second-order valence-electron chi connectivity index (χ2n) is 6.41.